The van der Waals surface area contributed by atoms with E-state index in [1.807, 2.05) is 7.05 Å². The molecule has 1 aromatic carbocycles. The van der Waals surface area contributed by atoms with Gasteiger partial charge in [-0.1, -0.05) is 17.7 Å². The van der Waals surface area contributed by atoms with Gasteiger partial charge >= 0.3 is 0 Å². The fraction of sp³-hybridized carbons (Fsp3) is 0.333. The Bertz CT molecular complexity index is 445. The van der Waals surface area contributed by atoms with Crippen LogP contribution in [0, 0.1) is 0 Å². The van der Waals surface area contributed by atoms with Gasteiger partial charge in [-0.2, -0.15) is 0 Å². The molecule has 0 fully saturated rings. The average Bonchev–Trinajstić information content (AvgIpc) is 2.07. The van der Waals surface area contributed by atoms with E-state index in [-0.39, 0.29) is 0 Å². The molecule has 0 aliphatic heterocycles. The summed E-state index contributed by atoms with van der Waals surface area (Å²) in [5.74, 6) is 0. The zero-order chi connectivity index (χ0) is 11.5. The summed E-state index contributed by atoms with van der Waals surface area (Å²) < 4.78 is 24.3. The third-order valence-corrected chi connectivity index (χ3v) is 2.68. The van der Waals surface area contributed by atoms with E-state index >= 15 is 0 Å². The minimum atomic E-state index is -3.24. The lowest BCUT2D eigenvalue weighted by molar-refractivity contribution is 0.607. The summed E-state index contributed by atoms with van der Waals surface area (Å²) in [6.07, 6.45) is 1.10. The molecule has 0 saturated carbocycles. The summed E-state index contributed by atoms with van der Waals surface area (Å²) in [4.78, 5) is 0. The molecule has 0 aromatic heterocycles. The van der Waals surface area contributed by atoms with E-state index in [9.17, 15) is 8.42 Å². The van der Waals surface area contributed by atoms with Gasteiger partial charge in [0.15, 0.2) is 0 Å². The van der Waals surface area contributed by atoms with Gasteiger partial charge in [-0.05, 0) is 24.7 Å². The van der Waals surface area contributed by atoms with Crippen molar-refractivity contribution >= 4 is 27.3 Å². The quantitative estimate of drug-likeness (QED) is 0.848. The first-order chi connectivity index (χ1) is 6.92. The molecule has 0 spiro atoms. The molecule has 6 heteroatoms. The minimum Gasteiger partial charge on any atom is -0.316 e. The predicted octanol–water partition coefficient (Wildman–Crippen LogP) is 1.43. The Morgan fingerprint density at radius 1 is 1.40 bits per heavy atom. The number of anilines is 1. The molecule has 0 radical (unpaired) electrons. The summed E-state index contributed by atoms with van der Waals surface area (Å²) in [6.45, 7) is 0.651. The third kappa shape index (κ3) is 4.07. The molecule has 0 bridgehead atoms. The van der Waals surface area contributed by atoms with Gasteiger partial charge in [-0.3, -0.25) is 4.72 Å². The Morgan fingerprint density at radius 3 is 2.53 bits per heavy atom. The van der Waals surface area contributed by atoms with Gasteiger partial charge < -0.3 is 5.32 Å². The molecule has 0 aliphatic rings. The van der Waals surface area contributed by atoms with E-state index in [0.717, 1.165) is 11.8 Å². The highest BCUT2D eigenvalue weighted by Gasteiger charge is 2.04. The summed E-state index contributed by atoms with van der Waals surface area (Å²) in [7, 11) is -1.42. The van der Waals surface area contributed by atoms with Crippen LogP contribution in [0.15, 0.2) is 18.2 Å². The van der Waals surface area contributed by atoms with E-state index in [2.05, 4.69) is 10.0 Å². The van der Waals surface area contributed by atoms with Crippen LogP contribution in [0.3, 0.4) is 0 Å². The van der Waals surface area contributed by atoms with E-state index in [1.165, 1.54) is 0 Å². The largest absolute Gasteiger partial charge is 0.316 e. The van der Waals surface area contributed by atoms with Crippen molar-refractivity contribution in [3.05, 3.63) is 28.8 Å². The van der Waals surface area contributed by atoms with Gasteiger partial charge in [0.25, 0.3) is 0 Å². The number of nitrogens with one attached hydrogen (secondary N) is 2. The SMILES string of the molecule is CNCc1ccc(NS(C)(=O)=O)cc1Cl. The number of rotatable bonds is 4. The molecule has 0 saturated heterocycles. The van der Waals surface area contributed by atoms with E-state index in [1.54, 1.807) is 18.2 Å². The Kier molecular flexibility index (Phi) is 3.96. The van der Waals surface area contributed by atoms with Gasteiger partial charge in [0.1, 0.15) is 0 Å². The fourth-order valence-corrected chi connectivity index (χ4v) is 1.96. The number of halogens is 1. The lowest BCUT2D eigenvalue weighted by Gasteiger charge is -2.07. The Labute approximate surface area is 94.7 Å². The molecule has 4 nitrogen and oxygen atoms in total. The maximum atomic E-state index is 11.0. The zero-order valence-electron chi connectivity index (χ0n) is 8.54. The van der Waals surface area contributed by atoms with Crippen LogP contribution in [0.2, 0.25) is 5.02 Å². The lowest BCUT2D eigenvalue weighted by atomic mass is 10.2. The van der Waals surface area contributed by atoms with E-state index in [4.69, 9.17) is 11.6 Å². The molecule has 0 amide bonds. The summed E-state index contributed by atoms with van der Waals surface area (Å²) in [5.41, 5.74) is 1.40. The number of benzene rings is 1. The first-order valence-corrected chi connectivity index (χ1v) is 6.60. The zero-order valence-corrected chi connectivity index (χ0v) is 10.1. The summed E-state index contributed by atoms with van der Waals surface area (Å²) >= 11 is 5.96. The number of sulfonamides is 1. The topological polar surface area (TPSA) is 58.2 Å². The van der Waals surface area contributed by atoms with Crippen molar-refractivity contribution in [1.29, 1.82) is 0 Å². The van der Waals surface area contributed by atoms with Crippen molar-refractivity contribution in [2.75, 3.05) is 18.0 Å². The monoisotopic (exact) mass is 248 g/mol. The molecule has 1 aromatic rings. The summed E-state index contributed by atoms with van der Waals surface area (Å²) in [6, 6.07) is 5.06. The predicted molar refractivity (Wildman–Crippen MR) is 62.7 cm³/mol. The molecular formula is C9H13ClN2O2S. The van der Waals surface area contributed by atoms with Crippen molar-refractivity contribution < 1.29 is 8.42 Å². The van der Waals surface area contributed by atoms with Gasteiger partial charge in [0, 0.05) is 17.3 Å². The highest BCUT2D eigenvalue weighted by molar-refractivity contribution is 7.92. The molecule has 84 valence electrons. The second-order valence-corrected chi connectivity index (χ2v) is 5.37. The van der Waals surface area contributed by atoms with Crippen LogP contribution >= 0.6 is 11.6 Å². The fourth-order valence-electron chi connectivity index (χ4n) is 1.16. The Morgan fingerprint density at radius 2 is 2.07 bits per heavy atom. The molecule has 0 aliphatic carbocycles. The van der Waals surface area contributed by atoms with Crippen LogP contribution in [0.5, 0.6) is 0 Å². The van der Waals surface area contributed by atoms with Crippen molar-refractivity contribution in [3.63, 3.8) is 0 Å². The van der Waals surface area contributed by atoms with Crippen molar-refractivity contribution in [2.24, 2.45) is 0 Å². The second-order valence-electron chi connectivity index (χ2n) is 3.21. The molecule has 0 heterocycles. The molecule has 2 N–H and O–H groups in total. The van der Waals surface area contributed by atoms with Crippen molar-refractivity contribution in [2.45, 2.75) is 6.54 Å². The molecule has 0 unspecified atom stereocenters. The highest BCUT2D eigenvalue weighted by atomic mass is 35.5. The van der Waals surface area contributed by atoms with E-state index < -0.39 is 10.0 Å². The van der Waals surface area contributed by atoms with Crippen LogP contribution in [0.25, 0.3) is 0 Å². The second kappa shape index (κ2) is 4.83. The standard InChI is InChI=1S/C9H13ClN2O2S/c1-11-6-7-3-4-8(5-9(7)10)12-15(2,13)14/h3-5,11-12H,6H2,1-2H3. The van der Waals surface area contributed by atoms with Gasteiger partial charge in [-0.25, -0.2) is 8.42 Å². The average molecular weight is 249 g/mol. The highest BCUT2D eigenvalue weighted by Crippen LogP contribution is 2.21. The summed E-state index contributed by atoms with van der Waals surface area (Å²) in [5, 5.41) is 3.51. The first kappa shape index (κ1) is 12.3. The first-order valence-electron chi connectivity index (χ1n) is 4.33. The van der Waals surface area contributed by atoms with Crippen LogP contribution in [0.4, 0.5) is 5.69 Å². The Hall–Kier alpha value is -0.780. The maximum Gasteiger partial charge on any atom is 0.229 e. The van der Waals surface area contributed by atoms with Gasteiger partial charge in [0.05, 0.1) is 6.26 Å². The Balaban J connectivity index is 2.91. The normalized spacial score (nSPS) is 11.4. The number of hydrogen-bond donors (Lipinski definition) is 2. The van der Waals surface area contributed by atoms with Gasteiger partial charge in [-0.15, -0.1) is 0 Å². The number of hydrogen-bond acceptors (Lipinski definition) is 3. The molecule has 0 atom stereocenters. The van der Waals surface area contributed by atoms with Crippen molar-refractivity contribution in [3.8, 4) is 0 Å². The molecular weight excluding hydrogens is 236 g/mol. The molecule has 15 heavy (non-hydrogen) atoms. The van der Waals surface area contributed by atoms with Crippen LogP contribution in [-0.4, -0.2) is 21.7 Å². The van der Waals surface area contributed by atoms with Crippen LogP contribution < -0.4 is 10.0 Å². The molecule has 1 rings (SSSR count). The lowest BCUT2D eigenvalue weighted by Crippen LogP contribution is -2.10. The smallest absolute Gasteiger partial charge is 0.229 e. The maximum absolute atomic E-state index is 11.0. The van der Waals surface area contributed by atoms with Crippen molar-refractivity contribution in [1.82, 2.24) is 5.32 Å². The minimum absolute atomic E-state index is 0.474. The third-order valence-electron chi connectivity index (χ3n) is 1.72. The van der Waals surface area contributed by atoms with Gasteiger partial charge in [0.2, 0.25) is 10.0 Å². The van der Waals surface area contributed by atoms with Crippen LogP contribution in [-0.2, 0) is 16.6 Å². The van der Waals surface area contributed by atoms with E-state index in [0.29, 0.717) is 17.3 Å². The van der Waals surface area contributed by atoms with Crippen LogP contribution in [0.1, 0.15) is 5.56 Å².